The maximum atomic E-state index is 7.36. The number of hydrogen-bond donors (Lipinski definition) is 0. The quantitative estimate of drug-likeness (QED) is 0.150. The van der Waals surface area contributed by atoms with Crippen LogP contribution in [0.2, 0.25) is 0 Å². The second-order valence-electron chi connectivity index (χ2n) is 12.7. The molecule has 50 heavy (non-hydrogen) atoms. The smallest absolute Gasteiger partial charge is 0.514 e. The molecule has 5 aromatic carbocycles. The van der Waals surface area contributed by atoms with Crippen molar-refractivity contribution in [3.05, 3.63) is 158 Å². The third-order valence-electron chi connectivity index (χ3n) is 8.80. The largest absolute Gasteiger partial charge is 3.00 e. The van der Waals surface area contributed by atoms with Crippen LogP contribution in [0.3, 0.4) is 0 Å². The Balaban J connectivity index is 0.000000182. The van der Waals surface area contributed by atoms with E-state index in [0.717, 1.165) is 39.0 Å². The number of furan rings is 1. The van der Waals surface area contributed by atoms with E-state index in [9.17, 15) is 0 Å². The Bertz CT molecular complexity index is 2300. The molecule has 0 spiro atoms. The van der Waals surface area contributed by atoms with E-state index in [0.29, 0.717) is 11.8 Å². The Kier molecular flexibility index (Phi) is 9.54. The van der Waals surface area contributed by atoms with Gasteiger partial charge in [-0.05, 0) is 71.2 Å². The second kappa shape index (κ2) is 15.3. The summed E-state index contributed by atoms with van der Waals surface area (Å²) >= 11 is 0. The molecule has 7 aromatic rings. The average Bonchev–Trinajstić information content (AvgIpc) is 3.90. The monoisotopic (exact) mass is 837 g/mol. The number of benzene rings is 5. The molecule has 0 unspecified atom stereocenters. The van der Waals surface area contributed by atoms with Gasteiger partial charge < -0.3 is 18.8 Å². The molecule has 0 saturated carbocycles. The van der Waals surface area contributed by atoms with E-state index in [-0.39, 0.29) is 26.7 Å². The van der Waals surface area contributed by atoms with Crippen LogP contribution in [0.4, 0.5) is 5.69 Å². The molecule has 252 valence electrons. The molecule has 0 bridgehead atoms. The van der Waals surface area contributed by atoms with Crippen molar-refractivity contribution in [3.63, 3.8) is 0 Å². The van der Waals surface area contributed by atoms with Crippen LogP contribution in [0.1, 0.15) is 61.6 Å². The first-order chi connectivity index (χ1) is 25.1. The second-order valence-corrected chi connectivity index (χ2v) is 12.7. The topological polar surface area (TPSA) is 37.4 Å². The van der Waals surface area contributed by atoms with Gasteiger partial charge in [0.05, 0.1) is 5.82 Å². The van der Waals surface area contributed by atoms with Crippen molar-refractivity contribution >= 4 is 27.6 Å². The molecule has 1 aliphatic heterocycles. The summed E-state index contributed by atoms with van der Waals surface area (Å²) in [6.45, 7) is 8.77. The summed E-state index contributed by atoms with van der Waals surface area (Å²) < 4.78 is 30.3. The normalized spacial score (nSPS) is 13.7. The van der Waals surface area contributed by atoms with Crippen LogP contribution in [0.25, 0.3) is 50.1 Å². The number of nitrogens with zero attached hydrogens (tertiary/aromatic N) is 4. The van der Waals surface area contributed by atoms with Crippen LogP contribution in [-0.4, -0.2) is 21.0 Å². The van der Waals surface area contributed by atoms with Gasteiger partial charge in [-0.15, -0.1) is 35.9 Å². The predicted octanol–water partition coefficient (Wildman–Crippen LogP) is 11.4. The molecule has 0 N–H and O–H groups in total. The van der Waals surface area contributed by atoms with Crippen molar-refractivity contribution in [2.24, 2.45) is 0 Å². The zero-order valence-corrected chi connectivity index (χ0v) is 31.0. The number of anilines is 1. The maximum absolute atomic E-state index is 7.36. The molecule has 3 heterocycles. The molecule has 0 fully saturated rings. The van der Waals surface area contributed by atoms with Crippen molar-refractivity contribution in [2.45, 2.75) is 46.4 Å². The summed E-state index contributed by atoms with van der Waals surface area (Å²) in [6, 6.07) is 41.6. The van der Waals surface area contributed by atoms with Gasteiger partial charge in [0.25, 0.3) is 0 Å². The third kappa shape index (κ3) is 6.92. The molecule has 8 rings (SSSR count). The molecule has 1 aliphatic rings. The molecule has 2 aromatic heterocycles. The molecule has 5 nitrogen and oxygen atoms in total. The number of rotatable bonds is 7. The molecule has 0 radical (unpaired) electrons. The number of imidazole rings is 1. The van der Waals surface area contributed by atoms with E-state index in [1.165, 1.54) is 27.9 Å². The van der Waals surface area contributed by atoms with Crippen molar-refractivity contribution < 1.29 is 28.6 Å². The zero-order valence-electron chi connectivity index (χ0n) is 31.6. The van der Waals surface area contributed by atoms with Gasteiger partial charge in [-0.3, -0.25) is 4.98 Å². The fraction of sp³-hybridized carbons (Fsp3) is 0.182. The van der Waals surface area contributed by atoms with Crippen molar-refractivity contribution in [1.82, 2.24) is 14.5 Å². The third-order valence-corrected chi connectivity index (χ3v) is 8.80. The molecule has 0 aliphatic carbocycles. The first kappa shape index (κ1) is 31.1. The molecule has 0 atom stereocenters. The summed E-state index contributed by atoms with van der Waals surface area (Å²) in [4.78, 5) is 8.15. The summed E-state index contributed by atoms with van der Waals surface area (Å²) in [7, 11) is 0. The minimum absolute atomic E-state index is 0. The number of fused-ring (bicyclic) bond motifs is 3. The van der Waals surface area contributed by atoms with E-state index in [1.54, 1.807) is 17.8 Å². The van der Waals surface area contributed by atoms with Gasteiger partial charge in [0.2, 0.25) is 0 Å². The van der Waals surface area contributed by atoms with Gasteiger partial charge in [-0.2, -0.15) is 24.9 Å². The molecular weight excluding hydrogens is 793 g/mol. The van der Waals surface area contributed by atoms with E-state index >= 15 is 0 Å². The minimum atomic E-state index is -2.01. The van der Waals surface area contributed by atoms with E-state index in [2.05, 4.69) is 104 Å². The fourth-order valence-corrected chi connectivity index (χ4v) is 6.34. The van der Waals surface area contributed by atoms with E-state index < -0.39 is 6.85 Å². The molecule has 0 saturated heterocycles. The zero-order chi connectivity index (χ0) is 36.4. The van der Waals surface area contributed by atoms with Crippen LogP contribution >= 0.6 is 0 Å². The molecule has 0 amide bonds. The van der Waals surface area contributed by atoms with Crippen LogP contribution in [-0.2, 0) is 20.1 Å². The van der Waals surface area contributed by atoms with Gasteiger partial charge in [-0.1, -0.05) is 94.2 Å². The Morgan fingerprint density at radius 2 is 1.54 bits per heavy atom. The fourth-order valence-electron chi connectivity index (χ4n) is 6.34. The van der Waals surface area contributed by atoms with E-state index in [1.807, 2.05) is 71.9 Å². The Morgan fingerprint density at radius 3 is 2.26 bits per heavy atom. The van der Waals surface area contributed by atoms with Gasteiger partial charge in [0, 0.05) is 33.2 Å². The van der Waals surface area contributed by atoms with Crippen molar-refractivity contribution in [3.8, 4) is 28.2 Å². The molecule has 6 heteroatoms. The minimum Gasteiger partial charge on any atom is -0.514 e. The first-order valence-corrected chi connectivity index (χ1v) is 16.7. The van der Waals surface area contributed by atoms with Crippen molar-refractivity contribution in [2.75, 3.05) is 11.4 Å². The number of hydrogen-bond acceptors (Lipinski definition) is 4. The Morgan fingerprint density at radius 1 is 0.800 bits per heavy atom. The van der Waals surface area contributed by atoms with Crippen LogP contribution < -0.4 is 4.90 Å². The van der Waals surface area contributed by atoms with Gasteiger partial charge in [-0.25, -0.2) is 0 Å². The van der Waals surface area contributed by atoms with Crippen LogP contribution in [0.5, 0.6) is 0 Å². The van der Waals surface area contributed by atoms with Crippen LogP contribution in [0, 0.1) is 18.8 Å². The first-order valence-electron chi connectivity index (χ1n) is 18.2. The summed E-state index contributed by atoms with van der Waals surface area (Å²) in [5.41, 5.74) is 9.79. The average molecular weight is 837 g/mol. The SMILES string of the molecule is CC(C)c1cc(-c2ccccc2)cc(C(C)C)c1-n1ccnc1-c1[c-]cccc1.[2H]C([2H])([2H])CN1C=CN(c2[c-]ccc3c2oc2ccccc23)[CH-]1.[Ir+3]. The van der Waals surface area contributed by atoms with E-state index in [4.69, 9.17) is 8.53 Å². The van der Waals surface area contributed by atoms with Gasteiger partial charge in [0.15, 0.2) is 0 Å². The standard InChI is InChI=1S/C27H27N2.C17H14N2O.Ir/c1-19(2)24-17-23(21-11-7-5-8-12-21)18-25(20(3)4)26(24)29-16-15-28-27(29)22-13-9-6-10-14-22;1-2-18-10-11-19(12-18)15-8-5-7-14-13-6-3-4-9-16(13)20-17(14)15;/h5-13,15-20H,1-4H3;3-7,9-12H,2H2,1H3;/q-1;-2;+3/i;1D3;. The maximum Gasteiger partial charge on any atom is 3.00 e. The Labute approximate surface area is 313 Å². The Hall–Kier alpha value is -4.90. The van der Waals surface area contributed by atoms with Gasteiger partial charge >= 0.3 is 20.1 Å². The molecular formula is C44H41IrN4O. The summed E-state index contributed by atoms with van der Waals surface area (Å²) in [5.74, 6) is 1.71. The summed E-state index contributed by atoms with van der Waals surface area (Å²) in [5, 5.41) is 2.07. The van der Waals surface area contributed by atoms with Crippen molar-refractivity contribution in [1.29, 1.82) is 0 Å². The predicted molar refractivity (Wildman–Crippen MR) is 202 cm³/mol. The number of aromatic nitrogens is 2. The van der Waals surface area contributed by atoms with Crippen LogP contribution in [0.15, 0.2) is 132 Å². The summed E-state index contributed by atoms with van der Waals surface area (Å²) in [6.07, 6.45) is 7.51. The number of para-hydroxylation sites is 1. The van der Waals surface area contributed by atoms with Gasteiger partial charge in [0.1, 0.15) is 5.58 Å².